The molecule has 154 valence electrons. The molecule has 0 saturated carbocycles. The molecule has 2 atom stereocenters. The average molecular weight is 394 g/mol. The molecule has 3 heterocycles. The molecule has 0 unspecified atom stereocenters. The molecule has 4 rings (SSSR count). The zero-order valence-corrected chi connectivity index (χ0v) is 17.1. The molecule has 29 heavy (non-hydrogen) atoms. The van der Waals surface area contributed by atoms with E-state index in [0.29, 0.717) is 18.4 Å². The van der Waals surface area contributed by atoms with Gasteiger partial charge in [0.2, 0.25) is 5.91 Å². The second-order valence-electron chi connectivity index (χ2n) is 8.33. The van der Waals surface area contributed by atoms with Gasteiger partial charge in [-0.2, -0.15) is 0 Å². The highest BCUT2D eigenvalue weighted by molar-refractivity contribution is 5.79. The number of likely N-dealkylation sites (tertiary alicyclic amines) is 2. The number of hydrogen-bond donors (Lipinski definition) is 0. The number of ether oxygens (including phenoxy) is 1. The number of carbonyl (C=O) groups excluding carboxylic acids is 1. The van der Waals surface area contributed by atoms with Crippen LogP contribution in [0, 0.1) is 11.8 Å². The number of hydrogen-bond acceptors (Lipinski definition) is 4. The van der Waals surface area contributed by atoms with E-state index < -0.39 is 0 Å². The summed E-state index contributed by atoms with van der Waals surface area (Å²) in [5, 5.41) is 0. The van der Waals surface area contributed by atoms with Crippen molar-refractivity contribution in [3.63, 3.8) is 0 Å². The van der Waals surface area contributed by atoms with Crippen LogP contribution in [0.2, 0.25) is 0 Å². The number of nitrogens with zero attached hydrogens (tertiary/aromatic N) is 3. The first-order chi connectivity index (χ1) is 14.3. The van der Waals surface area contributed by atoms with Crippen LogP contribution in [0.15, 0.2) is 54.9 Å². The van der Waals surface area contributed by atoms with Crippen LogP contribution in [0.5, 0.6) is 5.75 Å². The number of benzene rings is 1. The molecule has 1 amide bonds. The van der Waals surface area contributed by atoms with E-state index in [0.717, 1.165) is 64.2 Å². The predicted molar refractivity (Wildman–Crippen MR) is 114 cm³/mol. The van der Waals surface area contributed by atoms with Crippen molar-refractivity contribution < 1.29 is 9.53 Å². The van der Waals surface area contributed by atoms with Crippen LogP contribution >= 0.6 is 0 Å². The van der Waals surface area contributed by atoms with Crippen molar-refractivity contribution in [2.45, 2.75) is 25.7 Å². The molecule has 2 aliphatic rings. The van der Waals surface area contributed by atoms with Gasteiger partial charge in [0.1, 0.15) is 5.75 Å². The van der Waals surface area contributed by atoms with Crippen LogP contribution in [-0.4, -0.2) is 60.0 Å². The van der Waals surface area contributed by atoms with Crippen LogP contribution in [0.3, 0.4) is 0 Å². The summed E-state index contributed by atoms with van der Waals surface area (Å²) in [6.45, 7) is 5.32. The Labute approximate surface area is 173 Å². The van der Waals surface area contributed by atoms with E-state index in [9.17, 15) is 4.79 Å². The number of amides is 1. The first-order valence-corrected chi connectivity index (χ1v) is 10.9. The van der Waals surface area contributed by atoms with Crippen molar-refractivity contribution in [3.8, 4) is 5.75 Å². The van der Waals surface area contributed by atoms with E-state index in [2.05, 4.69) is 45.1 Å². The smallest absolute Gasteiger partial charge is 0.226 e. The highest BCUT2D eigenvalue weighted by Gasteiger charge is 2.34. The lowest BCUT2D eigenvalue weighted by Crippen LogP contribution is -2.48. The second-order valence-corrected chi connectivity index (χ2v) is 8.33. The summed E-state index contributed by atoms with van der Waals surface area (Å²) in [6.07, 6.45) is 7.72. The van der Waals surface area contributed by atoms with Gasteiger partial charge in [0.15, 0.2) is 0 Å². The minimum Gasteiger partial charge on any atom is -0.492 e. The maximum absolute atomic E-state index is 13.1. The van der Waals surface area contributed by atoms with Gasteiger partial charge in [0, 0.05) is 44.8 Å². The maximum Gasteiger partial charge on any atom is 0.226 e. The molecule has 5 nitrogen and oxygen atoms in total. The van der Waals surface area contributed by atoms with Gasteiger partial charge < -0.3 is 14.5 Å². The average Bonchev–Trinajstić information content (AvgIpc) is 3.32. The van der Waals surface area contributed by atoms with Gasteiger partial charge in [-0.15, -0.1) is 0 Å². The van der Waals surface area contributed by atoms with Gasteiger partial charge in [0.05, 0.1) is 18.7 Å². The zero-order valence-electron chi connectivity index (χ0n) is 17.1. The van der Waals surface area contributed by atoms with Gasteiger partial charge >= 0.3 is 0 Å². The van der Waals surface area contributed by atoms with Crippen molar-refractivity contribution in [3.05, 3.63) is 60.4 Å². The molecule has 5 heteroatoms. The van der Waals surface area contributed by atoms with Crippen LogP contribution in [0.25, 0.3) is 0 Å². The Bertz CT molecular complexity index is 711. The Hall–Kier alpha value is -2.40. The van der Waals surface area contributed by atoms with Crippen LogP contribution in [-0.2, 0) is 11.2 Å². The van der Waals surface area contributed by atoms with Crippen LogP contribution < -0.4 is 4.74 Å². The van der Waals surface area contributed by atoms with Gasteiger partial charge in [-0.3, -0.25) is 9.78 Å². The van der Waals surface area contributed by atoms with Gasteiger partial charge in [0.25, 0.3) is 0 Å². The SMILES string of the molecule is O=C([C@@H]1C[C@H](COc2cccnc2)CN(CCc2ccccc2)C1)N1CCCC1. The lowest BCUT2D eigenvalue weighted by atomic mass is 9.88. The molecule has 1 aromatic heterocycles. The summed E-state index contributed by atoms with van der Waals surface area (Å²) >= 11 is 0. The van der Waals surface area contributed by atoms with Crippen LogP contribution in [0.4, 0.5) is 0 Å². The third-order valence-electron chi connectivity index (χ3n) is 6.06. The highest BCUT2D eigenvalue weighted by atomic mass is 16.5. The molecular weight excluding hydrogens is 362 g/mol. The number of carbonyl (C=O) groups is 1. The van der Waals surface area contributed by atoms with E-state index in [1.54, 1.807) is 12.4 Å². The molecule has 2 aliphatic heterocycles. The van der Waals surface area contributed by atoms with Crippen molar-refractivity contribution in [2.75, 3.05) is 39.3 Å². The van der Waals surface area contributed by atoms with Crippen molar-refractivity contribution in [1.82, 2.24) is 14.8 Å². The molecule has 0 bridgehead atoms. The quantitative estimate of drug-likeness (QED) is 0.724. The van der Waals surface area contributed by atoms with E-state index in [1.807, 2.05) is 12.1 Å². The van der Waals surface area contributed by atoms with E-state index in [-0.39, 0.29) is 5.92 Å². The summed E-state index contributed by atoms with van der Waals surface area (Å²) in [7, 11) is 0. The third kappa shape index (κ3) is 5.57. The minimum atomic E-state index is 0.0834. The lowest BCUT2D eigenvalue weighted by Gasteiger charge is -2.38. The Morgan fingerprint density at radius 2 is 1.90 bits per heavy atom. The Balaban J connectivity index is 1.38. The number of piperidine rings is 1. The molecule has 2 fully saturated rings. The summed E-state index contributed by atoms with van der Waals surface area (Å²) in [6, 6.07) is 14.4. The first-order valence-electron chi connectivity index (χ1n) is 10.9. The summed E-state index contributed by atoms with van der Waals surface area (Å²) in [5.74, 6) is 1.59. The van der Waals surface area contributed by atoms with E-state index >= 15 is 0 Å². The number of rotatable bonds is 7. The fourth-order valence-electron chi connectivity index (χ4n) is 4.56. The summed E-state index contributed by atoms with van der Waals surface area (Å²) in [5.41, 5.74) is 1.35. The van der Waals surface area contributed by atoms with E-state index in [1.165, 1.54) is 5.56 Å². The Morgan fingerprint density at radius 3 is 2.66 bits per heavy atom. The first kappa shape index (κ1) is 19.9. The van der Waals surface area contributed by atoms with Gasteiger partial charge in [-0.25, -0.2) is 0 Å². The van der Waals surface area contributed by atoms with Gasteiger partial charge in [-0.05, 0) is 43.4 Å². The Morgan fingerprint density at radius 1 is 1.07 bits per heavy atom. The monoisotopic (exact) mass is 393 g/mol. The van der Waals surface area contributed by atoms with Gasteiger partial charge in [-0.1, -0.05) is 30.3 Å². The van der Waals surface area contributed by atoms with Crippen molar-refractivity contribution in [2.24, 2.45) is 11.8 Å². The number of pyridine rings is 1. The second kappa shape index (κ2) is 9.88. The van der Waals surface area contributed by atoms with Crippen molar-refractivity contribution >= 4 is 5.91 Å². The third-order valence-corrected chi connectivity index (χ3v) is 6.06. The number of aromatic nitrogens is 1. The molecular formula is C24H31N3O2. The lowest BCUT2D eigenvalue weighted by molar-refractivity contribution is -0.137. The molecule has 0 aliphatic carbocycles. The predicted octanol–water partition coefficient (Wildman–Crippen LogP) is 3.26. The molecule has 2 aromatic rings. The summed E-state index contributed by atoms with van der Waals surface area (Å²) in [4.78, 5) is 21.8. The maximum atomic E-state index is 13.1. The van der Waals surface area contributed by atoms with Crippen molar-refractivity contribution in [1.29, 1.82) is 0 Å². The van der Waals surface area contributed by atoms with Crippen LogP contribution in [0.1, 0.15) is 24.8 Å². The largest absolute Gasteiger partial charge is 0.492 e. The molecule has 0 N–H and O–H groups in total. The summed E-state index contributed by atoms with van der Waals surface area (Å²) < 4.78 is 6.00. The van der Waals surface area contributed by atoms with E-state index in [4.69, 9.17) is 4.74 Å². The topological polar surface area (TPSA) is 45.7 Å². The minimum absolute atomic E-state index is 0.0834. The highest BCUT2D eigenvalue weighted by Crippen LogP contribution is 2.26. The molecule has 0 radical (unpaired) electrons. The fourth-order valence-corrected chi connectivity index (χ4v) is 4.56. The Kier molecular flexibility index (Phi) is 6.78. The normalized spacial score (nSPS) is 22.6. The molecule has 2 saturated heterocycles. The molecule has 1 aromatic carbocycles. The zero-order chi connectivity index (χ0) is 19.9. The molecule has 0 spiro atoms. The standard InChI is InChI=1S/C24H31N3O2/c28-24(27-12-4-5-13-27)22-15-21(19-29-23-9-6-11-25-16-23)17-26(18-22)14-10-20-7-2-1-3-8-20/h1-3,6-9,11,16,21-22H,4-5,10,12-15,17-19H2/t21-,22+/m0/s1. The fraction of sp³-hybridized carbons (Fsp3) is 0.500.